The van der Waals surface area contributed by atoms with Gasteiger partial charge in [-0.25, -0.2) is 0 Å². The van der Waals surface area contributed by atoms with Crippen molar-refractivity contribution in [3.05, 3.63) is 33.8 Å². The fourth-order valence-corrected chi connectivity index (χ4v) is 1.88. The van der Waals surface area contributed by atoms with Crippen molar-refractivity contribution >= 4 is 34.4 Å². The summed E-state index contributed by atoms with van der Waals surface area (Å²) >= 11 is 6.26. The maximum Gasteiger partial charge on any atom is 0.208 e. The van der Waals surface area contributed by atoms with Gasteiger partial charge in [0.2, 0.25) is 5.13 Å². The van der Waals surface area contributed by atoms with Crippen LogP contribution in [0, 0.1) is 15.3 Å². The Labute approximate surface area is 95.2 Å². The molecule has 0 bridgehead atoms. The Morgan fingerprint density at radius 2 is 2.40 bits per heavy atom. The molecule has 0 spiro atoms. The Morgan fingerprint density at radius 3 is 3.07 bits per heavy atom. The Hall–Kier alpha value is -1.71. The van der Waals surface area contributed by atoms with Crippen LogP contribution in [0.15, 0.2) is 24.3 Å². The van der Waals surface area contributed by atoms with Gasteiger partial charge < -0.3 is 5.32 Å². The number of anilines is 2. The largest absolute Gasteiger partial charge is 0.330 e. The van der Waals surface area contributed by atoms with Crippen molar-refractivity contribution < 1.29 is 0 Å². The van der Waals surface area contributed by atoms with Crippen molar-refractivity contribution in [3.63, 3.8) is 0 Å². The molecule has 4 nitrogen and oxygen atoms in total. The zero-order valence-corrected chi connectivity index (χ0v) is 9.15. The Balaban J connectivity index is 2.25. The van der Waals surface area contributed by atoms with E-state index in [1.807, 2.05) is 12.1 Å². The van der Waals surface area contributed by atoms with Crippen LogP contribution in [0.5, 0.6) is 0 Å². The number of aromatic amines is 1. The van der Waals surface area contributed by atoms with E-state index in [1.54, 1.807) is 12.1 Å². The number of nitriles is 1. The monoisotopic (exact) mass is 234 g/mol. The molecule has 0 unspecified atom stereocenters. The lowest BCUT2D eigenvalue weighted by Crippen LogP contribution is -1.89. The van der Waals surface area contributed by atoms with Crippen molar-refractivity contribution in [2.24, 2.45) is 0 Å². The summed E-state index contributed by atoms with van der Waals surface area (Å²) in [6.07, 6.45) is 0. The smallest absolute Gasteiger partial charge is 0.208 e. The highest BCUT2D eigenvalue weighted by molar-refractivity contribution is 7.73. The average molecular weight is 234 g/mol. The van der Waals surface area contributed by atoms with Gasteiger partial charge in [0.15, 0.2) is 3.95 Å². The van der Waals surface area contributed by atoms with Crippen molar-refractivity contribution in [2.75, 3.05) is 5.32 Å². The predicted octanol–water partition coefficient (Wildman–Crippen LogP) is 2.82. The highest BCUT2D eigenvalue weighted by atomic mass is 32.1. The number of hydrogen-bond donors (Lipinski definition) is 2. The first kappa shape index (κ1) is 9.83. The van der Waals surface area contributed by atoms with E-state index in [4.69, 9.17) is 17.5 Å². The second kappa shape index (κ2) is 4.21. The van der Waals surface area contributed by atoms with E-state index in [9.17, 15) is 0 Å². The van der Waals surface area contributed by atoms with Crippen LogP contribution in [0.25, 0.3) is 0 Å². The maximum absolute atomic E-state index is 8.72. The van der Waals surface area contributed by atoms with Gasteiger partial charge in [-0.05, 0) is 30.4 Å². The first-order chi connectivity index (χ1) is 7.28. The number of aromatic nitrogens is 2. The third-order valence-corrected chi connectivity index (χ3v) is 2.69. The normalized spacial score (nSPS) is 9.53. The molecule has 74 valence electrons. The summed E-state index contributed by atoms with van der Waals surface area (Å²) in [6.45, 7) is 0. The van der Waals surface area contributed by atoms with Crippen LogP contribution in [-0.4, -0.2) is 10.2 Å². The number of hydrogen-bond acceptors (Lipinski definition) is 5. The molecule has 0 saturated heterocycles. The molecule has 0 amide bonds. The SMILES string of the molecule is N#Cc1cccc(Nc2n[nH]c(=S)s2)c1. The van der Waals surface area contributed by atoms with Gasteiger partial charge in [-0.1, -0.05) is 17.4 Å². The topological polar surface area (TPSA) is 64.5 Å². The lowest BCUT2D eigenvalue weighted by molar-refractivity contribution is 1.08. The summed E-state index contributed by atoms with van der Waals surface area (Å²) in [5.41, 5.74) is 1.44. The molecule has 15 heavy (non-hydrogen) atoms. The molecular weight excluding hydrogens is 228 g/mol. The lowest BCUT2D eigenvalue weighted by Gasteiger charge is -2.00. The van der Waals surface area contributed by atoms with Gasteiger partial charge in [-0.3, -0.25) is 5.10 Å². The van der Waals surface area contributed by atoms with Gasteiger partial charge in [-0.15, -0.1) is 5.10 Å². The third-order valence-electron chi connectivity index (χ3n) is 1.68. The summed E-state index contributed by atoms with van der Waals surface area (Å²) in [5, 5.41) is 19.1. The van der Waals surface area contributed by atoms with Gasteiger partial charge in [0.05, 0.1) is 11.6 Å². The standard InChI is InChI=1S/C9H6N4S2/c10-5-6-2-1-3-7(4-6)11-8-12-13-9(14)15-8/h1-4H,(H,11,12)(H,13,14). The van der Waals surface area contributed by atoms with Crippen molar-refractivity contribution in [1.82, 2.24) is 10.2 Å². The Bertz CT molecular complexity index is 564. The summed E-state index contributed by atoms with van der Waals surface area (Å²) in [7, 11) is 0. The minimum Gasteiger partial charge on any atom is -0.330 e. The van der Waals surface area contributed by atoms with Gasteiger partial charge in [0.1, 0.15) is 0 Å². The number of rotatable bonds is 2. The second-order valence-corrected chi connectivity index (χ2v) is 4.40. The second-order valence-electron chi connectivity index (χ2n) is 2.74. The first-order valence-electron chi connectivity index (χ1n) is 4.10. The third kappa shape index (κ3) is 2.40. The van der Waals surface area contributed by atoms with Crippen LogP contribution in [0.4, 0.5) is 10.8 Å². The molecule has 6 heteroatoms. The first-order valence-corrected chi connectivity index (χ1v) is 5.33. The van der Waals surface area contributed by atoms with E-state index in [-0.39, 0.29) is 0 Å². The van der Waals surface area contributed by atoms with E-state index >= 15 is 0 Å². The minimum atomic E-state index is 0.610. The number of benzene rings is 1. The van der Waals surface area contributed by atoms with Crippen molar-refractivity contribution in [3.8, 4) is 6.07 Å². The van der Waals surface area contributed by atoms with E-state index in [1.165, 1.54) is 11.3 Å². The molecule has 0 saturated carbocycles. The van der Waals surface area contributed by atoms with Gasteiger partial charge in [0.25, 0.3) is 0 Å². The van der Waals surface area contributed by atoms with E-state index in [0.717, 1.165) is 5.69 Å². The molecule has 0 radical (unpaired) electrons. The van der Waals surface area contributed by atoms with Crippen molar-refractivity contribution in [1.29, 1.82) is 5.26 Å². The lowest BCUT2D eigenvalue weighted by atomic mass is 10.2. The molecule has 1 aromatic carbocycles. The van der Waals surface area contributed by atoms with Gasteiger partial charge in [-0.2, -0.15) is 5.26 Å². The molecule has 2 N–H and O–H groups in total. The number of nitrogens with zero attached hydrogens (tertiary/aromatic N) is 2. The van der Waals surface area contributed by atoms with E-state index < -0.39 is 0 Å². The Kier molecular flexibility index (Phi) is 2.76. The van der Waals surface area contributed by atoms with Gasteiger partial charge in [0, 0.05) is 5.69 Å². The summed E-state index contributed by atoms with van der Waals surface area (Å²) in [6, 6.07) is 9.25. The molecule has 0 aliphatic rings. The molecule has 0 fully saturated rings. The van der Waals surface area contributed by atoms with Crippen LogP contribution < -0.4 is 5.32 Å². The van der Waals surface area contributed by atoms with Gasteiger partial charge >= 0.3 is 0 Å². The molecule has 0 aliphatic heterocycles. The van der Waals surface area contributed by atoms with Crippen LogP contribution in [0.2, 0.25) is 0 Å². The predicted molar refractivity (Wildman–Crippen MR) is 61.7 cm³/mol. The van der Waals surface area contributed by atoms with E-state index in [0.29, 0.717) is 14.6 Å². The van der Waals surface area contributed by atoms with Crippen molar-refractivity contribution in [2.45, 2.75) is 0 Å². The molecular formula is C9H6N4S2. The average Bonchev–Trinajstić information content (AvgIpc) is 2.64. The van der Waals surface area contributed by atoms with Crippen LogP contribution in [0.3, 0.4) is 0 Å². The summed E-state index contributed by atoms with van der Waals surface area (Å²) in [5.74, 6) is 0. The summed E-state index contributed by atoms with van der Waals surface area (Å²) < 4.78 is 0.619. The Morgan fingerprint density at radius 1 is 1.53 bits per heavy atom. The molecule has 2 aromatic rings. The van der Waals surface area contributed by atoms with Crippen LogP contribution in [-0.2, 0) is 0 Å². The zero-order chi connectivity index (χ0) is 10.7. The molecule has 0 atom stereocenters. The van der Waals surface area contributed by atoms with E-state index in [2.05, 4.69) is 21.6 Å². The fourth-order valence-electron chi connectivity index (χ4n) is 1.07. The quantitative estimate of drug-likeness (QED) is 0.784. The minimum absolute atomic E-state index is 0.610. The molecule has 1 aromatic heterocycles. The maximum atomic E-state index is 8.72. The molecule has 1 heterocycles. The summed E-state index contributed by atoms with van der Waals surface area (Å²) in [4.78, 5) is 0. The van der Waals surface area contributed by atoms with Crippen LogP contribution in [0.1, 0.15) is 5.56 Å². The number of H-pyrrole nitrogens is 1. The number of nitrogens with one attached hydrogen (secondary N) is 2. The zero-order valence-electron chi connectivity index (χ0n) is 7.52. The molecule has 0 aliphatic carbocycles. The highest BCUT2D eigenvalue weighted by Gasteiger charge is 1.99. The van der Waals surface area contributed by atoms with Crippen LogP contribution >= 0.6 is 23.6 Å². The highest BCUT2D eigenvalue weighted by Crippen LogP contribution is 2.19. The fraction of sp³-hybridized carbons (Fsp3) is 0. The molecule has 2 rings (SSSR count).